The molecule has 0 fully saturated rings. The molecule has 11 heteroatoms. The molecule has 0 aromatic rings. The summed E-state index contributed by atoms with van der Waals surface area (Å²) >= 11 is 0. The summed E-state index contributed by atoms with van der Waals surface area (Å²) in [4.78, 5) is 35.0. The molecule has 0 aliphatic carbocycles. The lowest BCUT2D eigenvalue weighted by atomic mass is 10.1. The fourth-order valence-electron chi connectivity index (χ4n) is 5.78. The van der Waals surface area contributed by atoms with E-state index in [-0.39, 0.29) is 19.4 Å². The molecule has 0 amide bonds. The molecule has 10 nitrogen and oxygen atoms in total. The van der Waals surface area contributed by atoms with Gasteiger partial charge in [-0.3, -0.25) is 18.6 Å². The Kier molecular flexibility index (Phi) is 41.6. The predicted molar refractivity (Wildman–Crippen MR) is 242 cm³/mol. The number of aliphatic hydroxyl groups excluding tert-OH is 2. The van der Waals surface area contributed by atoms with Gasteiger partial charge in [-0.15, -0.1) is 0 Å². The van der Waals surface area contributed by atoms with Gasteiger partial charge in [0.15, 0.2) is 6.10 Å². The van der Waals surface area contributed by atoms with Crippen LogP contribution in [0.1, 0.15) is 181 Å². The SMILES string of the molecule is CCCCC/C=C/C/C=C/CCCCCCCC(=O)OC[C@H](COP(=O)(O)OC[C@@H](O)CO)OC(=O)CCC/C=C/C/C=C/C/C=C/C/C=C/CCCCCCCCC. The van der Waals surface area contributed by atoms with Crippen LogP contribution in [0.3, 0.4) is 0 Å². The van der Waals surface area contributed by atoms with Crippen molar-refractivity contribution in [2.24, 2.45) is 0 Å². The van der Waals surface area contributed by atoms with Crippen molar-refractivity contribution in [1.29, 1.82) is 0 Å². The van der Waals surface area contributed by atoms with E-state index in [1.807, 2.05) is 6.08 Å². The number of phosphoric ester groups is 1. The summed E-state index contributed by atoms with van der Waals surface area (Å²) in [5.74, 6) is -1.01. The standard InChI is InChI=1S/C48H83O10P/c1-3-5-7-9-11-13-15-17-19-20-21-22-23-24-26-28-30-32-34-36-38-40-48(52)58-46(44-57-59(53,54)56-42-45(50)41-49)43-55-47(51)39-37-35-33-31-29-27-25-18-16-14-12-10-8-6-4-2/h12,14,18-20,22-23,25-26,28,32,34,45-46,49-50H,3-11,13,15-17,21,24,27,29-31,33,35-44H2,1-2H3,(H,53,54)/b14-12+,20-19+,23-22+,25-18+,28-26+,34-32+/t45-,46+/m0/s1. The molecule has 0 saturated carbocycles. The highest BCUT2D eigenvalue weighted by molar-refractivity contribution is 7.47. The smallest absolute Gasteiger partial charge is 0.462 e. The number of esters is 2. The van der Waals surface area contributed by atoms with Crippen molar-refractivity contribution in [3.63, 3.8) is 0 Å². The van der Waals surface area contributed by atoms with Crippen molar-refractivity contribution in [2.75, 3.05) is 26.4 Å². The van der Waals surface area contributed by atoms with Crippen LogP contribution in [0.4, 0.5) is 0 Å². The van der Waals surface area contributed by atoms with E-state index in [1.165, 1.54) is 70.6 Å². The Balaban J connectivity index is 4.40. The van der Waals surface area contributed by atoms with Crippen LogP contribution in [-0.2, 0) is 32.7 Å². The maximum Gasteiger partial charge on any atom is 0.472 e. The van der Waals surface area contributed by atoms with Crippen LogP contribution in [0.2, 0.25) is 0 Å². The van der Waals surface area contributed by atoms with E-state index in [1.54, 1.807) is 0 Å². The van der Waals surface area contributed by atoms with Crippen molar-refractivity contribution < 1.29 is 47.8 Å². The van der Waals surface area contributed by atoms with Gasteiger partial charge < -0.3 is 24.6 Å². The number of allylic oxidation sites excluding steroid dienone is 12. The Hall–Kier alpha value is -2.59. The Morgan fingerprint density at radius 2 is 0.898 bits per heavy atom. The van der Waals surface area contributed by atoms with Crippen molar-refractivity contribution in [2.45, 2.75) is 193 Å². The number of hydrogen-bond donors (Lipinski definition) is 3. The van der Waals surface area contributed by atoms with Crippen molar-refractivity contribution in [3.05, 3.63) is 72.9 Å². The van der Waals surface area contributed by atoms with E-state index in [4.69, 9.17) is 19.1 Å². The molecular weight excluding hydrogens is 767 g/mol. The number of carbonyl (C=O) groups excluding carboxylic acids is 2. The van der Waals surface area contributed by atoms with Crippen molar-refractivity contribution in [1.82, 2.24) is 0 Å². The van der Waals surface area contributed by atoms with Crippen LogP contribution in [0, 0.1) is 0 Å². The van der Waals surface area contributed by atoms with Crippen LogP contribution < -0.4 is 0 Å². The Morgan fingerprint density at radius 1 is 0.508 bits per heavy atom. The van der Waals surface area contributed by atoms with E-state index in [9.17, 15) is 24.2 Å². The third-order valence-corrected chi connectivity index (χ3v) is 10.3. The fraction of sp³-hybridized carbons (Fsp3) is 0.708. The number of hydrogen-bond acceptors (Lipinski definition) is 9. The molecule has 0 radical (unpaired) electrons. The van der Waals surface area contributed by atoms with Gasteiger partial charge in [0, 0.05) is 12.8 Å². The number of phosphoric acid groups is 1. The molecule has 0 aliphatic rings. The topological polar surface area (TPSA) is 149 Å². The molecule has 0 rings (SSSR count). The van der Waals surface area contributed by atoms with Gasteiger partial charge in [0.25, 0.3) is 0 Å². The Labute approximate surface area is 358 Å². The van der Waals surface area contributed by atoms with Crippen LogP contribution in [0.15, 0.2) is 72.9 Å². The molecule has 3 atom stereocenters. The van der Waals surface area contributed by atoms with Gasteiger partial charge in [-0.2, -0.15) is 0 Å². The molecule has 59 heavy (non-hydrogen) atoms. The maximum absolute atomic E-state index is 12.6. The molecule has 3 N–H and O–H groups in total. The quantitative estimate of drug-likeness (QED) is 0.0234. The molecular formula is C48H83O10P. The van der Waals surface area contributed by atoms with Gasteiger partial charge in [-0.25, -0.2) is 4.57 Å². The zero-order valence-electron chi connectivity index (χ0n) is 36.9. The first-order valence-electron chi connectivity index (χ1n) is 22.9. The van der Waals surface area contributed by atoms with Gasteiger partial charge in [-0.1, -0.05) is 157 Å². The summed E-state index contributed by atoms with van der Waals surface area (Å²) in [6.07, 6.45) is 50.2. The van der Waals surface area contributed by atoms with Crippen LogP contribution in [0.25, 0.3) is 0 Å². The van der Waals surface area contributed by atoms with Gasteiger partial charge in [0.1, 0.15) is 12.7 Å². The molecule has 0 aromatic carbocycles. The Bertz CT molecular complexity index is 1210. The summed E-state index contributed by atoms with van der Waals surface area (Å²) < 4.78 is 32.7. The second kappa shape index (κ2) is 43.5. The van der Waals surface area contributed by atoms with E-state index in [2.05, 4.69) is 85.2 Å². The number of carbonyl (C=O) groups is 2. The first kappa shape index (κ1) is 56.4. The Morgan fingerprint density at radius 3 is 1.41 bits per heavy atom. The zero-order chi connectivity index (χ0) is 43.3. The summed E-state index contributed by atoms with van der Waals surface area (Å²) in [5, 5.41) is 18.3. The number of ether oxygens (including phenoxy) is 2. The average molecular weight is 851 g/mol. The molecule has 1 unspecified atom stereocenters. The maximum atomic E-state index is 12.6. The van der Waals surface area contributed by atoms with Gasteiger partial charge in [0.2, 0.25) is 0 Å². The lowest BCUT2D eigenvalue weighted by Gasteiger charge is -2.20. The summed E-state index contributed by atoms with van der Waals surface area (Å²) in [5.41, 5.74) is 0. The highest BCUT2D eigenvalue weighted by atomic mass is 31.2. The summed E-state index contributed by atoms with van der Waals surface area (Å²) in [6, 6.07) is 0. The molecule has 0 aliphatic heterocycles. The number of unbranched alkanes of at least 4 members (excludes halogenated alkanes) is 16. The second-order valence-corrected chi connectivity index (χ2v) is 16.5. The highest BCUT2D eigenvalue weighted by Gasteiger charge is 2.27. The minimum atomic E-state index is -4.64. The molecule has 0 spiro atoms. The van der Waals surface area contributed by atoms with Crippen molar-refractivity contribution >= 4 is 19.8 Å². The van der Waals surface area contributed by atoms with Crippen LogP contribution in [0.5, 0.6) is 0 Å². The molecule has 0 bridgehead atoms. The van der Waals surface area contributed by atoms with Crippen molar-refractivity contribution in [3.8, 4) is 0 Å². The van der Waals surface area contributed by atoms with Gasteiger partial charge in [0.05, 0.1) is 19.8 Å². The van der Waals surface area contributed by atoms with E-state index < -0.39 is 51.8 Å². The fourth-order valence-corrected chi connectivity index (χ4v) is 6.57. The highest BCUT2D eigenvalue weighted by Crippen LogP contribution is 2.43. The largest absolute Gasteiger partial charge is 0.472 e. The monoisotopic (exact) mass is 851 g/mol. The third kappa shape index (κ3) is 43.3. The van der Waals surface area contributed by atoms with E-state index in [0.29, 0.717) is 19.3 Å². The van der Waals surface area contributed by atoms with E-state index >= 15 is 0 Å². The normalized spacial score (nSPS) is 14.5. The minimum absolute atomic E-state index is 0.102. The summed E-state index contributed by atoms with van der Waals surface area (Å²) in [6.45, 7) is 2.27. The van der Waals surface area contributed by atoms with Gasteiger partial charge in [-0.05, 0) is 83.5 Å². The first-order chi connectivity index (χ1) is 28.7. The lowest BCUT2D eigenvalue weighted by Crippen LogP contribution is -2.29. The van der Waals surface area contributed by atoms with Crippen LogP contribution in [-0.4, -0.2) is 65.7 Å². The molecule has 0 heterocycles. The van der Waals surface area contributed by atoms with E-state index in [0.717, 1.165) is 64.2 Å². The van der Waals surface area contributed by atoms with Gasteiger partial charge >= 0.3 is 19.8 Å². The molecule has 340 valence electrons. The number of aliphatic hydroxyl groups is 2. The average Bonchev–Trinajstić information content (AvgIpc) is 3.22. The molecule has 0 aromatic heterocycles. The second-order valence-electron chi connectivity index (χ2n) is 15.1. The van der Waals surface area contributed by atoms with Crippen LogP contribution >= 0.6 is 7.82 Å². The zero-order valence-corrected chi connectivity index (χ0v) is 37.8. The number of rotatable bonds is 42. The summed E-state index contributed by atoms with van der Waals surface area (Å²) in [7, 11) is -4.64. The molecule has 0 saturated heterocycles. The first-order valence-corrected chi connectivity index (χ1v) is 24.4. The lowest BCUT2D eigenvalue weighted by molar-refractivity contribution is -0.161. The predicted octanol–water partition coefficient (Wildman–Crippen LogP) is 12.4. The minimum Gasteiger partial charge on any atom is -0.462 e. The third-order valence-electron chi connectivity index (χ3n) is 9.33.